The Morgan fingerprint density at radius 3 is 2.95 bits per heavy atom. The maximum absolute atomic E-state index is 12.2. The van der Waals surface area contributed by atoms with Crippen LogP contribution in [0.1, 0.15) is 32.8 Å². The number of hydrogen-bond donors (Lipinski definition) is 1. The Balaban J connectivity index is 2.06. The van der Waals surface area contributed by atoms with Crippen LogP contribution in [0, 0.1) is 17.2 Å². The van der Waals surface area contributed by atoms with Crippen molar-refractivity contribution in [1.82, 2.24) is 10.3 Å². The summed E-state index contributed by atoms with van der Waals surface area (Å²) in [6.45, 7) is 7.31. The SMILES string of the molecule is CC(C)(C)NC(=O)C1CCN(c2ncccc2C#N)C1. The predicted molar refractivity (Wildman–Crippen MR) is 77.2 cm³/mol. The van der Waals surface area contributed by atoms with Crippen molar-refractivity contribution in [2.24, 2.45) is 5.92 Å². The summed E-state index contributed by atoms with van der Waals surface area (Å²) in [5, 5.41) is 12.1. The number of nitriles is 1. The second-order valence-electron chi connectivity index (χ2n) is 6.16. The van der Waals surface area contributed by atoms with E-state index in [1.54, 1.807) is 18.3 Å². The molecule has 1 aromatic rings. The number of carbonyl (C=O) groups excluding carboxylic acids is 1. The van der Waals surface area contributed by atoms with Crippen molar-refractivity contribution in [3.8, 4) is 6.07 Å². The van der Waals surface area contributed by atoms with E-state index in [4.69, 9.17) is 5.26 Å². The molecule has 0 bridgehead atoms. The van der Waals surface area contributed by atoms with Gasteiger partial charge in [-0.15, -0.1) is 0 Å². The van der Waals surface area contributed by atoms with Crippen LogP contribution in [0.25, 0.3) is 0 Å². The van der Waals surface area contributed by atoms with E-state index in [-0.39, 0.29) is 17.4 Å². The summed E-state index contributed by atoms with van der Waals surface area (Å²) in [5.41, 5.74) is 0.345. The van der Waals surface area contributed by atoms with Crippen molar-refractivity contribution in [2.75, 3.05) is 18.0 Å². The van der Waals surface area contributed by atoms with Gasteiger partial charge in [0.25, 0.3) is 0 Å². The molecule has 1 aliphatic rings. The summed E-state index contributed by atoms with van der Waals surface area (Å²) in [6, 6.07) is 5.66. The van der Waals surface area contributed by atoms with Crippen LogP contribution in [0.2, 0.25) is 0 Å². The first kappa shape index (κ1) is 14.3. The highest BCUT2D eigenvalue weighted by Gasteiger charge is 2.31. The molecule has 1 unspecified atom stereocenters. The second kappa shape index (κ2) is 5.49. The van der Waals surface area contributed by atoms with Gasteiger partial charge in [0, 0.05) is 24.8 Å². The fourth-order valence-electron chi connectivity index (χ4n) is 2.37. The number of rotatable bonds is 2. The number of nitrogens with zero attached hydrogens (tertiary/aromatic N) is 3. The van der Waals surface area contributed by atoms with Crippen LogP contribution in [0.5, 0.6) is 0 Å². The van der Waals surface area contributed by atoms with Crippen molar-refractivity contribution in [3.05, 3.63) is 23.9 Å². The van der Waals surface area contributed by atoms with E-state index in [2.05, 4.69) is 16.4 Å². The van der Waals surface area contributed by atoms with Gasteiger partial charge in [-0.1, -0.05) is 0 Å². The van der Waals surface area contributed by atoms with E-state index in [0.717, 1.165) is 13.0 Å². The molecule has 1 saturated heterocycles. The summed E-state index contributed by atoms with van der Waals surface area (Å²) in [7, 11) is 0. The molecule has 2 rings (SSSR count). The standard InChI is InChI=1S/C15H20N4O/c1-15(2,3)18-14(20)12-6-8-19(10-12)13-11(9-16)5-4-7-17-13/h4-5,7,12H,6,8,10H2,1-3H3,(H,18,20). The molecule has 1 aliphatic heterocycles. The Morgan fingerprint density at radius 1 is 1.55 bits per heavy atom. The topological polar surface area (TPSA) is 69.0 Å². The fraction of sp³-hybridized carbons (Fsp3) is 0.533. The average Bonchev–Trinajstić information content (AvgIpc) is 2.86. The van der Waals surface area contributed by atoms with E-state index in [9.17, 15) is 4.79 Å². The monoisotopic (exact) mass is 272 g/mol. The van der Waals surface area contributed by atoms with Gasteiger partial charge in [-0.25, -0.2) is 4.98 Å². The first-order valence-electron chi connectivity index (χ1n) is 6.83. The van der Waals surface area contributed by atoms with Gasteiger partial charge in [0.2, 0.25) is 5.91 Å². The Bertz CT molecular complexity index is 542. The maximum atomic E-state index is 12.2. The second-order valence-corrected chi connectivity index (χ2v) is 6.16. The number of anilines is 1. The molecule has 1 N–H and O–H groups in total. The summed E-state index contributed by atoms with van der Waals surface area (Å²) in [6.07, 6.45) is 2.47. The lowest BCUT2D eigenvalue weighted by molar-refractivity contribution is -0.125. The first-order valence-corrected chi connectivity index (χ1v) is 6.83. The molecule has 1 amide bonds. The third kappa shape index (κ3) is 3.27. The average molecular weight is 272 g/mol. The lowest BCUT2D eigenvalue weighted by Gasteiger charge is -2.23. The lowest BCUT2D eigenvalue weighted by atomic mass is 10.0. The van der Waals surface area contributed by atoms with Gasteiger partial charge in [0.05, 0.1) is 11.5 Å². The number of hydrogen-bond acceptors (Lipinski definition) is 4. The molecule has 0 saturated carbocycles. The van der Waals surface area contributed by atoms with Gasteiger partial charge in [-0.3, -0.25) is 4.79 Å². The van der Waals surface area contributed by atoms with Crippen molar-refractivity contribution >= 4 is 11.7 Å². The summed E-state index contributed by atoms with van der Waals surface area (Å²) in [4.78, 5) is 18.5. The van der Waals surface area contributed by atoms with Crippen LogP contribution in [-0.2, 0) is 4.79 Å². The van der Waals surface area contributed by atoms with Crippen molar-refractivity contribution in [2.45, 2.75) is 32.7 Å². The predicted octanol–water partition coefficient (Wildman–Crippen LogP) is 1.69. The molecule has 0 aromatic carbocycles. The largest absolute Gasteiger partial charge is 0.355 e. The van der Waals surface area contributed by atoms with Gasteiger partial charge in [-0.2, -0.15) is 5.26 Å². The highest BCUT2D eigenvalue weighted by molar-refractivity contribution is 5.80. The fourth-order valence-corrected chi connectivity index (χ4v) is 2.37. The Morgan fingerprint density at radius 2 is 2.30 bits per heavy atom. The van der Waals surface area contributed by atoms with Crippen molar-refractivity contribution in [1.29, 1.82) is 5.26 Å². The Hall–Kier alpha value is -2.09. The van der Waals surface area contributed by atoms with E-state index in [0.29, 0.717) is 17.9 Å². The molecule has 1 atom stereocenters. The number of aromatic nitrogens is 1. The van der Waals surface area contributed by atoms with Gasteiger partial charge in [0.15, 0.2) is 0 Å². The van der Waals surface area contributed by atoms with Gasteiger partial charge in [0.1, 0.15) is 11.9 Å². The van der Waals surface area contributed by atoms with E-state index in [1.165, 1.54) is 0 Å². The van der Waals surface area contributed by atoms with Crippen LogP contribution in [-0.4, -0.2) is 29.5 Å². The first-order chi connectivity index (χ1) is 9.40. The quantitative estimate of drug-likeness (QED) is 0.889. The lowest BCUT2D eigenvalue weighted by Crippen LogP contribution is -2.44. The van der Waals surface area contributed by atoms with Crippen molar-refractivity contribution in [3.63, 3.8) is 0 Å². The van der Waals surface area contributed by atoms with Crippen LogP contribution in [0.15, 0.2) is 18.3 Å². The number of amides is 1. The zero-order chi connectivity index (χ0) is 14.8. The molecule has 1 fully saturated rings. The smallest absolute Gasteiger partial charge is 0.225 e. The molecule has 5 heteroatoms. The van der Waals surface area contributed by atoms with E-state index < -0.39 is 0 Å². The summed E-state index contributed by atoms with van der Waals surface area (Å²) >= 11 is 0. The molecular formula is C15H20N4O. The zero-order valence-electron chi connectivity index (χ0n) is 12.2. The van der Waals surface area contributed by atoms with Gasteiger partial charge in [-0.05, 0) is 39.3 Å². The number of carbonyl (C=O) groups is 1. The van der Waals surface area contributed by atoms with Crippen LogP contribution >= 0.6 is 0 Å². The Labute approximate surface area is 119 Å². The molecule has 0 spiro atoms. The van der Waals surface area contributed by atoms with Crippen LogP contribution < -0.4 is 10.2 Å². The molecular weight excluding hydrogens is 252 g/mol. The minimum absolute atomic E-state index is 0.0391. The van der Waals surface area contributed by atoms with E-state index >= 15 is 0 Å². The van der Waals surface area contributed by atoms with Gasteiger partial charge < -0.3 is 10.2 Å². The maximum Gasteiger partial charge on any atom is 0.225 e. The third-order valence-electron chi connectivity index (χ3n) is 3.26. The molecule has 5 nitrogen and oxygen atoms in total. The zero-order valence-corrected chi connectivity index (χ0v) is 12.2. The molecule has 1 aromatic heterocycles. The molecule has 0 aliphatic carbocycles. The summed E-state index contributed by atoms with van der Waals surface area (Å²) < 4.78 is 0. The highest BCUT2D eigenvalue weighted by atomic mass is 16.2. The summed E-state index contributed by atoms with van der Waals surface area (Å²) in [5.74, 6) is 0.721. The normalized spacial score (nSPS) is 18.7. The highest BCUT2D eigenvalue weighted by Crippen LogP contribution is 2.25. The van der Waals surface area contributed by atoms with Crippen LogP contribution in [0.3, 0.4) is 0 Å². The number of pyridine rings is 1. The van der Waals surface area contributed by atoms with Crippen LogP contribution in [0.4, 0.5) is 5.82 Å². The number of nitrogens with one attached hydrogen (secondary N) is 1. The minimum Gasteiger partial charge on any atom is -0.355 e. The van der Waals surface area contributed by atoms with E-state index in [1.807, 2.05) is 25.7 Å². The van der Waals surface area contributed by atoms with Gasteiger partial charge >= 0.3 is 0 Å². The Kier molecular flexibility index (Phi) is 3.93. The minimum atomic E-state index is -0.215. The molecule has 20 heavy (non-hydrogen) atoms. The third-order valence-corrected chi connectivity index (χ3v) is 3.26. The molecule has 106 valence electrons. The van der Waals surface area contributed by atoms with Crippen molar-refractivity contribution < 1.29 is 4.79 Å². The molecule has 2 heterocycles. The molecule has 0 radical (unpaired) electrons.